The number of hydrogen-bond acceptors (Lipinski definition) is 3. The average molecular weight is 278 g/mol. The van der Waals surface area contributed by atoms with E-state index in [2.05, 4.69) is 36.2 Å². The minimum atomic E-state index is 0.112. The number of rotatable bonds is 5. The van der Waals surface area contributed by atoms with Gasteiger partial charge in [-0.15, -0.1) is 11.3 Å². The summed E-state index contributed by atoms with van der Waals surface area (Å²) in [6.07, 6.45) is 5.17. The van der Waals surface area contributed by atoms with E-state index in [-0.39, 0.29) is 12.1 Å². The zero-order valence-electron chi connectivity index (χ0n) is 11.7. The predicted molar refractivity (Wildman–Crippen MR) is 78.1 cm³/mol. The van der Waals surface area contributed by atoms with Gasteiger partial charge in [0, 0.05) is 16.3 Å². The Balaban J connectivity index is 1.76. The minimum Gasteiger partial charge on any atom is -0.320 e. The molecule has 0 radical (unpaired) electrons. The first-order valence-corrected chi connectivity index (χ1v) is 8.04. The van der Waals surface area contributed by atoms with E-state index in [0.717, 1.165) is 6.54 Å². The maximum Gasteiger partial charge on any atom is 0.238 e. The lowest BCUT2D eigenvalue weighted by Crippen LogP contribution is -2.35. The van der Waals surface area contributed by atoms with E-state index in [0.29, 0.717) is 12.0 Å². The number of nitrogens with one attached hydrogen (secondary N) is 1. The van der Waals surface area contributed by atoms with Gasteiger partial charge < -0.3 is 4.90 Å². The molecule has 19 heavy (non-hydrogen) atoms. The first-order chi connectivity index (χ1) is 9.13. The fourth-order valence-electron chi connectivity index (χ4n) is 3.13. The van der Waals surface area contributed by atoms with E-state index in [1.807, 2.05) is 0 Å². The van der Waals surface area contributed by atoms with Crippen LogP contribution in [-0.4, -0.2) is 23.9 Å². The molecule has 1 aromatic rings. The molecule has 3 rings (SSSR count). The highest BCUT2D eigenvalue weighted by molar-refractivity contribution is 7.12. The molecular weight excluding hydrogens is 256 g/mol. The van der Waals surface area contributed by atoms with Crippen LogP contribution in [0, 0.1) is 12.3 Å². The van der Waals surface area contributed by atoms with E-state index >= 15 is 0 Å². The first kappa shape index (κ1) is 13.1. The van der Waals surface area contributed by atoms with Gasteiger partial charge in [0.15, 0.2) is 0 Å². The van der Waals surface area contributed by atoms with Crippen molar-refractivity contribution in [3.63, 3.8) is 0 Å². The molecule has 1 N–H and O–H groups in total. The van der Waals surface area contributed by atoms with Gasteiger partial charge in [0.05, 0.1) is 6.54 Å². The highest BCUT2D eigenvalue weighted by Crippen LogP contribution is 2.51. The van der Waals surface area contributed by atoms with Crippen LogP contribution in [0.5, 0.6) is 0 Å². The molecule has 3 nitrogen and oxygen atoms in total. The van der Waals surface area contributed by atoms with Gasteiger partial charge in [0.25, 0.3) is 0 Å². The molecular formula is C15H22N2OS. The average Bonchev–Trinajstić information content (AvgIpc) is 2.84. The number of hydrogen-bond donors (Lipinski definition) is 1. The predicted octanol–water partition coefficient (Wildman–Crippen LogP) is 3.07. The van der Waals surface area contributed by atoms with Crippen LogP contribution < -0.4 is 5.32 Å². The fourth-order valence-corrected chi connectivity index (χ4v) is 4.10. The van der Waals surface area contributed by atoms with Crippen molar-refractivity contribution in [2.45, 2.75) is 45.7 Å². The molecule has 0 spiro atoms. The molecule has 2 heterocycles. The van der Waals surface area contributed by atoms with E-state index in [1.54, 1.807) is 11.3 Å². The summed E-state index contributed by atoms with van der Waals surface area (Å²) in [5.41, 5.74) is 0.432. The number of carbonyl (C=O) groups excluding carboxylic acids is 1. The molecule has 1 saturated carbocycles. The smallest absolute Gasteiger partial charge is 0.238 e. The zero-order chi connectivity index (χ0) is 13.5. The molecule has 1 aliphatic carbocycles. The summed E-state index contributed by atoms with van der Waals surface area (Å²) < 4.78 is 0. The maximum atomic E-state index is 12.1. The molecule has 4 heteroatoms. The molecule has 2 fully saturated rings. The summed E-state index contributed by atoms with van der Waals surface area (Å²) in [7, 11) is 0. The van der Waals surface area contributed by atoms with Crippen LogP contribution >= 0.6 is 11.3 Å². The Bertz CT molecular complexity index is 478. The third kappa shape index (κ3) is 2.56. The summed E-state index contributed by atoms with van der Waals surface area (Å²) in [4.78, 5) is 16.8. The van der Waals surface area contributed by atoms with Gasteiger partial charge in [-0.3, -0.25) is 10.1 Å². The molecule has 1 aliphatic heterocycles. The lowest BCUT2D eigenvalue weighted by Gasteiger charge is -2.28. The highest BCUT2D eigenvalue weighted by Gasteiger charge is 2.46. The normalized spacial score (nSPS) is 25.1. The van der Waals surface area contributed by atoms with Crippen LogP contribution in [0.25, 0.3) is 0 Å². The quantitative estimate of drug-likeness (QED) is 0.897. The number of carbonyl (C=O) groups is 1. The van der Waals surface area contributed by atoms with Gasteiger partial charge >= 0.3 is 0 Å². The molecule has 1 aromatic heterocycles. The second kappa shape index (κ2) is 4.91. The molecule has 0 aromatic carbocycles. The van der Waals surface area contributed by atoms with E-state index in [1.165, 1.54) is 35.4 Å². The third-order valence-corrected chi connectivity index (χ3v) is 5.41. The highest BCUT2D eigenvalue weighted by atomic mass is 32.1. The fraction of sp³-hybridized carbons (Fsp3) is 0.667. The van der Waals surface area contributed by atoms with Gasteiger partial charge in [-0.2, -0.15) is 0 Å². The minimum absolute atomic E-state index is 0.112. The van der Waals surface area contributed by atoms with Crippen LogP contribution in [0.1, 0.15) is 48.5 Å². The molecule has 1 saturated heterocycles. The van der Waals surface area contributed by atoms with E-state index < -0.39 is 0 Å². The Labute approximate surface area is 119 Å². The Morgan fingerprint density at radius 2 is 2.26 bits per heavy atom. The Morgan fingerprint density at radius 3 is 2.84 bits per heavy atom. The topological polar surface area (TPSA) is 32.3 Å². The van der Waals surface area contributed by atoms with Gasteiger partial charge in [0.2, 0.25) is 5.91 Å². The molecule has 1 atom stereocenters. The molecule has 2 aliphatic rings. The van der Waals surface area contributed by atoms with Crippen molar-refractivity contribution in [1.29, 1.82) is 0 Å². The van der Waals surface area contributed by atoms with Gasteiger partial charge in [-0.25, -0.2) is 0 Å². The van der Waals surface area contributed by atoms with Crippen molar-refractivity contribution in [3.8, 4) is 0 Å². The summed E-state index contributed by atoms with van der Waals surface area (Å²) in [6.45, 7) is 5.79. The molecule has 1 unspecified atom stereocenters. The van der Waals surface area contributed by atoms with Gasteiger partial charge in [-0.1, -0.05) is 13.3 Å². The van der Waals surface area contributed by atoms with Crippen LogP contribution in [0.4, 0.5) is 0 Å². The summed E-state index contributed by atoms with van der Waals surface area (Å²) in [5.74, 6) is 0.262. The van der Waals surface area contributed by atoms with Crippen LogP contribution in [0.2, 0.25) is 0 Å². The Hall–Kier alpha value is -0.870. The zero-order valence-corrected chi connectivity index (χ0v) is 12.6. The molecule has 0 bridgehead atoms. The van der Waals surface area contributed by atoms with Crippen molar-refractivity contribution < 1.29 is 4.79 Å². The van der Waals surface area contributed by atoms with Gasteiger partial charge in [0.1, 0.15) is 6.17 Å². The summed E-state index contributed by atoms with van der Waals surface area (Å²) >= 11 is 1.79. The van der Waals surface area contributed by atoms with Gasteiger partial charge in [-0.05, 0) is 43.7 Å². The third-order valence-electron chi connectivity index (χ3n) is 4.35. The number of aryl methyl sites for hydroxylation is 1. The van der Waals surface area contributed by atoms with Crippen LogP contribution in [0.15, 0.2) is 12.1 Å². The van der Waals surface area contributed by atoms with Crippen molar-refractivity contribution in [2.24, 2.45) is 5.41 Å². The van der Waals surface area contributed by atoms with Crippen LogP contribution in [0.3, 0.4) is 0 Å². The number of thiophene rings is 1. The summed E-state index contributed by atoms with van der Waals surface area (Å²) in [5, 5.41) is 3.37. The molecule has 1 amide bonds. The van der Waals surface area contributed by atoms with Crippen molar-refractivity contribution in [3.05, 3.63) is 21.9 Å². The molecule has 104 valence electrons. The van der Waals surface area contributed by atoms with Crippen LogP contribution in [-0.2, 0) is 4.79 Å². The standard InChI is InChI=1S/C15H22N2OS/c1-3-6-15(7-8-15)10-17-13(18)9-16-14(17)12-5-4-11(2)19-12/h4-5,14,16H,3,6-10H2,1-2H3. The van der Waals surface area contributed by atoms with Crippen molar-refractivity contribution >= 4 is 17.2 Å². The number of nitrogens with zero attached hydrogens (tertiary/aromatic N) is 1. The Kier molecular flexibility index (Phi) is 3.39. The lowest BCUT2D eigenvalue weighted by atomic mass is 10.00. The summed E-state index contributed by atoms with van der Waals surface area (Å²) in [6, 6.07) is 4.30. The van der Waals surface area contributed by atoms with Crippen molar-refractivity contribution in [1.82, 2.24) is 10.2 Å². The largest absolute Gasteiger partial charge is 0.320 e. The second-order valence-electron chi connectivity index (χ2n) is 6.00. The van der Waals surface area contributed by atoms with Crippen molar-refractivity contribution in [2.75, 3.05) is 13.1 Å². The maximum absolute atomic E-state index is 12.1. The lowest BCUT2D eigenvalue weighted by molar-refractivity contribution is -0.128. The Morgan fingerprint density at radius 1 is 1.47 bits per heavy atom. The van der Waals surface area contributed by atoms with E-state index in [9.17, 15) is 4.79 Å². The number of amides is 1. The monoisotopic (exact) mass is 278 g/mol. The second-order valence-corrected chi connectivity index (χ2v) is 7.32. The SMILES string of the molecule is CCCC1(CN2C(=O)CNC2c2ccc(C)s2)CC1. The first-order valence-electron chi connectivity index (χ1n) is 7.23. The van der Waals surface area contributed by atoms with E-state index in [4.69, 9.17) is 0 Å².